The number of hydrogen-bond donors (Lipinski definition) is 2. The molecule has 0 aliphatic rings. The van der Waals surface area contributed by atoms with Crippen LogP contribution in [-0.2, 0) is 23.2 Å². The van der Waals surface area contributed by atoms with Crippen LogP contribution in [0.15, 0.2) is 11.0 Å². The van der Waals surface area contributed by atoms with Gasteiger partial charge in [0, 0.05) is 35.4 Å². The number of rotatable bonds is 5. The van der Waals surface area contributed by atoms with Crippen molar-refractivity contribution < 1.29 is 19.0 Å². The van der Waals surface area contributed by atoms with Crippen LogP contribution in [0.4, 0.5) is 0 Å². The lowest BCUT2D eigenvalue weighted by Gasteiger charge is -2.17. The van der Waals surface area contributed by atoms with Crippen molar-refractivity contribution in [2.24, 2.45) is 0 Å². The summed E-state index contributed by atoms with van der Waals surface area (Å²) in [5.74, 6) is 0.0415. The fourth-order valence-electron chi connectivity index (χ4n) is 1.33. The van der Waals surface area contributed by atoms with Crippen LogP contribution in [-0.4, -0.2) is 23.2 Å². The van der Waals surface area contributed by atoms with Gasteiger partial charge in [-0.05, 0) is 6.26 Å². The van der Waals surface area contributed by atoms with Gasteiger partial charge in [-0.15, -0.1) is 11.8 Å². The average molecular weight is 349 g/mol. The molecule has 0 aromatic heterocycles. The number of benzene rings is 1. The fourth-order valence-corrected chi connectivity index (χ4v) is 3.42. The predicted molar refractivity (Wildman–Crippen MR) is 78.3 cm³/mol. The molecule has 2 N–H and O–H groups in total. The molecule has 0 unspecified atom stereocenters. The topological polar surface area (TPSA) is 58.9 Å². The smallest absolute Gasteiger partial charge is 0.375 e. The minimum absolute atomic E-state index is 0.0415. The van der Waals surface area contributed by atoms with Gasteiger partial charge in [0.05, 0.1) is 16.7 Å². The minimum atomic E-state index is -3.85. The molecule has 102 valence electrons. The highest BCUT2D eigenvalue weighted by atomic mass is 35.5. The van der Waals surface area contributed by atoms with E-state index >= 15 is 0 Å². The second-order valence-electron chi connectivity index (χ2n) is 3.20. The van der Waals surface area contributed by atoms with Gasteiger partial charge in [0.15, 0.2) is 0 Å². The molecule has 0 saturated carbocycles. The van der Waals surface area contributed by atoms with Crippen LogP contribution >= 0.6 is 41.7 Å². The highest BCUT2D eigenvalue weighted by Gasteiger charge is 2.20. The van der Waals surface area contributed by atoms with Gasteiger partial charge in [-0.1, -0.05) is 23.2 Å². The van der Waals surface area contributed by atoms with Crippen molar-refractivity contribution in [3.8, 4) is 5.75 Å². The van der Waals surface area contributed by atoms with Crippen LogP contribution in [0.5, 0.6) is 5.75 Å². The fraction of sp³-hybridized carbons (Fsp3) is 0.333. The molecule has 0 saturated heterocycles. The first-order chi connectivity index (χ1) is 8.30. The van der Waals surface area contributed by atoms with Gasteiger partial charge in [0.25, 0.3) is 0 Å². The molecule has 0 fully saturated rings. The number of halogens is 2. The molecular weight excluding hydrogens is 338 g/mol. The molecular formula is C9H11Cl2O4PS2. The molecule has 18 heavy (non-hydrogen) atoms. The Kier molecular flexibility index (Phi) is 6.22. The van der Waals surface area contributed by atoms with Gasteiger partial charge in [0.1, 0.15) is 5.75 Å². The number of methoxy groups -OCH3 is 1. The summed E-state index contributed by atoms with van der Waals surface area (Å²) in [7, 11) is 1.52. The van der Waals surface area contributed by atoms with E-state index in [-0.39, 0.29) is 17.4 Å². The molecule has 1 rings (SSSR count). The molecule has 0 aliphatic carbocycles. The lowest BCUT2D eigenvalue weighted by atomic mass is 10.2. The first-order valence-electron chi connectivity index (χ1n) is 4.59. The molecule has 0 bridgehead atoms. The number of ether oxygens (including phenoxy) is 1. The van der Waals surface area contributed by atoms with Gasteiger partial charge in [-0.2, -0.15) is 0 Å². The Morgan fingerprint density at radius 1 is 1.44 bits per heavy atom. The molecule has 0 atom stereocenters. The summed E-state index contributed by atoms with van der Waals surface area (Å²) < 4.78 is 9.89. The Bertz CT molecular complexity index is 492. The van der Waals surface area contributed by atoms with Crippen molar-refractivity contribution in [1.29, 1.82) is 0 Å². The molecule has 0 radical (unpaired) electrons. The summed E-state index contributed by atoms with van der Waals surface area (Å²) in [5.41, 5.74) is 0.623. The largest absolute Gasteiger partial charge is 0.423 e. The molecule has 0 heterocycles. The predicted octanol–water partition coefficient (Wildman–Crippen LogP) is 3.45. The summed E-state index contributed by atoms with van der Waals surface area (Å²) in [6.07, 6.45) is 1.85. The highest BCUT2D eigenvalue weighted by Crippen LogP contribution is 2.46. The van der Waals surface area contributed by atoms with E-state index in [1.807, 2.05) is 6.26 Å². The monoisotopic (exact) mass is 348 g/mol. The first kappa shape index (κ1) is 16.5. The maximum atomic E-state index is 9.15. The quantitative estimate of drug-likeness (QED) is 0.627. The zero-order chi connectivity index (χ0) is 13.9. The summed E-state index contributed by atoms with van der Waals surface area (Å²) in [6.45, 7) is -3.63. The van der Waals surface area contributed by atoms with Gasteiger partial charge in [0.2, 0.25) is 0 Å². The average Bonchev–Trinajstić information content (AvgIpc) is 2.23. The maximum Gasteiger partial charge on any atom is 0.375 e. The normalized spacial score (nSPS) is 11.7. The van der Waals surface area contributed by atoms with E-state index in [1.54, 1.807) is 0 Å². The molecule has 1 aromatic carbocycles. The van der Waals surface area contributed by atoms with E-state index in [1.165, 1.54) is 24.9 Å². The second-order valence-corrected chi connectivity index (χ2v) is 7.39. The van der Waals surface area contributed by atoms with Crippen LogP contribution in [0.25, 0.3) is 0 Å². The van der Waals surface area contributed by atoms with E-state index in [4.69, 9.17) is 42.2 Å². The minimum Gasteiger partial charge on any atom is -0.423 e. The van der Waals surface area contributed by atoms with E-state index in [2.05, 4.69) is 11.8 Å². The van der Waals surface area contributed by atoms with E-state index in [9.17, 15) is 0 Å². The summed E-state index contributed by atoms with van der Waals surface area (Å²) in [5, 5.41) is 0.598. The van der Waals surface area contributed by atoms with Crippen LogP contribution in [0, 0.1) is 0 Å². The van der Waals surface area contributed by atoms with E-state index < -0.39 is 6.72 Å². The summed E-state index contributed by atoms with van der Waals surface area (Å²) >= 11 is 18.0. The molecule has 0 amide bonds. The SMILES string of the molecule is COCc1c(Cl)c(OP(O)(O)=S)cc(Cl)c1SC. The second kappa shape index (κ2) is 6.77. The Morgan fingerprint density at radius 3 is 2.50 bits per heavy atom. The zero-order valence-corrected chi connectivity index (χ0v) is 13.6. The van der Waals surface area contributed by atoms with Crippen molar-refractivity contribution in [3.05, 3.63) is 21.7 Å². The Hall–Kier alpha value is 0.480. The van der Waals surface area contributed by atoms with Crippen molar-refractivity contribution in [2.45, 2.75) is 11.5 Å². The molecule has 9 heteroatoms. The summed E-state index contributed by atoms with van der Waals surface area (Å²) in [4.78, 5) is 19.1. The molecule has 4 nitrogen and oxygen atoms in total. The molecule has 0 spiro atoms. The van der Waals surface area contributed by atoms with Crippen molar-refractivity contribution in [2.75, 3.05) is 13.4 Å². The van der Waals surface area contributed by atoms with Gasteiger partial charge in [-0.25, -0.2) is 0 Å². The Labute approximate surface area is 124 Å². The lowest BCUT2D eigenvalue weighted by molar-refractivity contribution is 0.183. The third-order valence-electron chi connectivity index (χ3n) is 1.94. The Morgan fingerprint density at radius 2 is 2.06 bits per heavy atom. The van der Waals surface area contributed by atoms with Crippen LogP contribution in [0.2, 0.25) is 10.0 Å². The standard InChI is InChI=1S/C9H11Cl2O4PS2/c1-14-4-5-8(11)7(15-16(12,13)17)3-6(10)9(5)18-2/h3H,4H2,1-2H3,(H2,12,13,17). The third-order valence-corrected chi connectivity index (χ3v) is 4.30. The molecule has 1 aromatic rings. The molecule has 0 aliphatic heterocycles. The number of hydrogen-bond acceptors (Lipinski definition) is 4. The van der Waals surface area contributed by atoms with E-state index in [0.29, 0.717) is 10.6 Å². The zero-order valence-electron chi connectivity index (χ0n) is 9.52. The van der Waals surface area contributed by atoms with Gasteiger partial charge in [-0.3, -0.25) is 0 Å². The van der Waals surface area contributed by atoms with E-state index in [0.717, 1.165) is 4.90 Å². The van der Waals surface area contributed by atoms with Crippen LogP contribution in [0.3, 0.4) is 0 Å². The van der Waals surface area contributed by atoms with Crippen molar-refractivity contribution >= 4 is 53.5 Å². The van der Waals surface area contributed by atoms with Crippen molar-refractivity contribution in [1.82, 2.24) is 0 Å². The first-order valence-corrected chi connectivity index (χ1v) is 9.19. The van der Waals surface area contributed by atoms with Crippen molar-refractivity contribution in [3.63, 3.8) is 0 Å². The third kappa shape index (κ3) is 4.25. The van der Waals surface area contributed by atoms with Gasteiger partial charge < -0.3 is 19.0 Å². The highest BCUT2D eigenvalue weighted by molar-refractivity contribution is 8.06. The maximum absolute atomic E-state index is 9.15. The summed E-state index contributed by atoms with van der Waals surface area (Å²) in [6, 6.07) is 1.41. The van der Waals surface area contributed by atoms with Crippen LogP contribution in [0.1, 0.15) is 5.56 Å². The van der Waals surface area contributed by atoms with Crippen LogP contribution < -0.4 is 4.52 Å². The Balaban J connectivity index is 3.34. The lowest BCUT2D eigenvalue weighted by Crippen LogP contribution is -1.98. The van der Waals surface area contributed by atoms with Gasteiger partial charge >= 0.3 is 6.72 Å². The number of thioether (sulfide) groups is 1.